The number of carbonyl (C=O) groups excluding carboxylic acids is 2. The molecule has 1 fully saturated rings. The number of halogens is 1. The molecule has 1 N–H and O–H groups in total. The molecule has 194 valence electrons. The zero-order valence-electron chi connectivity index (χ0n) is 21.4. The summed E-state index contributed by atoms with van der Waals surface area (Å²) in [7, 11) is 1.73. The van der Waals surface area contributed by atoms with Crippen molar-refractivity contribution in [2.24, 2.45) is 5.41 Å². The van der Waals surface area contributed by atoms with Crippen LogP contribution in [0.4, 0.5) is 0 Å². The lowest BCUT2D eigenvalue weighted by atomic mass is 9.81. The zero-order chi connectivity index (χ0) is 26.3. The number of nitrogens with one attached hydrogen (secondary N) is 1. The number of hydrogen-bond acceptors (Lipinski definition) is 3. The van der Waals surface area contributed by atoms with E-state index in [-0.39, 0.29) is 11.8 Å². The number of hydrogen-bond donors (Lipinski definition) is 1. The maximum atomic E-state index is 13.6. The second-order valence-electron chi connectivity index (χ2n) is 10.1. The Labute approximate surface area is 224 Å². The van der Waals surface area contributed by atoms with Crippen LogP contribution in [0.2, 0.25) is 0 Å². The van der Waals surface area contributed by atoms with Gasteiger partial charge in [-0.3, -0.25) is 9.59 Å². The molecule has 0 saturated heterocycles. The maximum absolute atomic E-state index is 13.6. The van der Waals surface area contributed by atoms with Gasteiger partial charge in [-0.15, -0.1) is 0 Å². The van der Waals surface area contributed by atoms with Crippen molar-refractivity contribution >= 4 is 29.0 Å². The van der Waals surface area contributed by atoms with Crippen LogP contribution < -0.4 is 5.32 Å². The molecule has 2 aliphatic carbocycles. The number of rotatable bonds is 10. The first-order valence-corrected chi connectivity index (χ1v) is 13.3. The number of benzene rings is 1. The molecular formula is C31H35ClN2O3. The summed E-state index contributed by atoms with van der Waals surface area (Å²) < 4.78 is 5.43. The van der Waals surface area contributed by atoms with Gasteiger partial charge in [0.05, 0.1) is 18.2 Å². The van der Waals surface area contributed by atoms with Crippen molar-refractivity contribution in [3.05, 3.63) is 102 Å². The van der Waals surface area contributed by atoms with Crippen molar-refractivity contribution in [1.29, 1.82) is 0 Å². The summed E-state index contributed by atoms with van der Waals surface area (Å²) in [4.78, 5) is 28.8. The van der Waals surface area contributed by atoms with Crippen LogP contribution in [0.15, 0.2) is 89.1 Å². The Kier molecular flexibility index (Phi) is 8.88. The van der Waals surface area contributed by atoms with E-state index in [0.29, 0.717) is 30.2 Å². The Balaban J connectivity index is 1.54. The quantitative estimate of drug-likeness (QED) is 0.387. The molecule has 1 unspecified atom stereocenters. The third-order valence-corrected chi connectivity index (χ3v) is 7.38. The van der Waals surface area contributed by atoms with Crippen LogP contribution in [0, 0.1) is 5.41 Å². The van der Waals surface area contributed by atoms with Gasteiger partial charge in [-0.05, 0) is 54.5 Å². The molecule has 4 rings (SSSR count). The van der Waals surface area contributed by atoms with E-state index in [0.717, 1.165) is 43.2 Å². The van der Waals surface area contributed by atoms with Crippen molar-refractivity contribution < 1.29 is 14.0 Å². The van der Waals surface area contributed by atoms with Crippen LogP contribution in [0.25, 0.3) is 5.57 Å². The average Bonchev–Trinajstić information content (AvgIpc) is 3.49. The van der Waals surface area contributed by atoms with E-state index in [1.807, 2.05) is 30.4 Å². The van der Waals surface area contributed by atoms with Crippen LogP contribution in [0.5, 0.6) is 0 Å². The fourth-order valence-electron chi connectivity index (χ4n) is 5.26. The molecule has 0 radical (unpaired) electrons. The van der Waals surface area contributed by atoms with Crippen LogP contribution in [-0.4, -0.2) is 29.8 Å². The monoisotopic (exact) mass is 518 g/mol. The Hall–Kier alpha value is -3.31. The summed E-state index contributed by atoms with van der Waals surface area (Å²) in [6, 6.07) is 11.1. The summed E-state index contributed by atoms with van der Waals surface area (Å²) >= 11 is 6.17. The average molecular weight is 519 g/mol. The van der Waals surface area contributed by atoms with Crippen molar-refractivity contribution in [2.45, 2.75) is 57.5 Å². The van der Waals surface area contributed by atoms with Crippen LogP contribution in [-0.2, 0) is 22.6 Å². The van der Waals surface area contributed by atoms with Gasteiger partial charge < -0.3 is 14.6 Å². The fraction of sp³-hybridized carbons (Fsp3) is 0.355. The molecule has 1 aromatic carbocycles. The van der Waals surface area contributed by atoms with Gasteiger partial charge in [0.25, 0.3) is 0 Å². The molecule has 37 heavy (non-hydrogen) atoms. The van der Waals surface area contributed by atoms with E-state index < -0.39 is 11.5 Å². The normalized spacial score (nSPS) is 17.1. The molecular weight excluding hydrogens is 484 g/mol. The first-order chi connectivity index (χ1) is 17.9. The molecule has 1 heterocycles. The third-order valence-electron chi connectivity index (χ3n) is 7.25. The van der Waals surface area contributed by atoms with Crippen LogP contribution >= 0.6 is 11.6 Å². The molecule has 1 aromatic heterocycles. The first-order valence-electron chi connectivity index (χ1n) is 12.9. The predicted octanol–water partition coefficient (Wildman–Crippen LogP) is 6.57. The smallest absolute Gasteiger partial charge is 0.245 e. The Morgan fingerprint density at radius 3 is 2.59 bits per heavy atom. The number of nitrogens with zero attached hydrogens (tertiary/aromatic N) is 1. The Morgan fingerprint density at radius 1 is 1.16 bits per heavy atom. The largest absolute Gasteiger partial charge is 0.467 e. The lowest BCUT2D eigenvalue weighted by molar-refractivity contribution is -0.139. The van der Waals surface area contributed by atoms with Crippen LogP contribution in [0.1, 0.15) is 55.4 Å². The highest BCUT2D eigenvalue weighted by Crippen LogP contribution is 2.44. The second kappa shape index (κ2) is 12.3. The Morgan fingerprint density at radius 2 is 1.92 bits per heavy atom. The highest BCUT2D eigenvalue weighted by Gasteiger charge is 2.42. The van der Waals surface area contributed by atoms with E-state index in [1.54, 1.807) is 24.3 Å². The SMILES string of the molecule is C=C(Cl)CC1(C(=O)NC(Cc2ccc(C3=CCC=CC=C3)cc2)C(=O)N(C)Cc2ccco2)CCCC1. The first kappa shape index (κ1) is 26.7. The number of carbonyl (C=O) groups is 2. The number of furan rings is 1. The van der Waals surface area contributed by atoms with Gasteiger partial charge >= 0.3 is 0 Å². The van der Waals surface area contributed by atoms with E-state index in [1.165, 1.54) is 5.57 Å². The third kappa shape index (κ3) is 6.92. The molecule has 2 aliphatic rings. The zero-order valence-corrected chi connectivity index (χ0v) is 22.2. The molecule has 0 spiro atoms. The summed E-state index contributed by atoms with van der Waals surface area (Å²) in [5.41, 5.74) is 2.66. The van der Waals surface area contributed by atoms with E-state index in [4.69, 9.17) is 16.0 Å². The minimum Gasteiger partial charge on any atom is -0.467 e. The van der Waals surface area contributed by atoms with Crippen LogP contribution in [0.3, 0.4) is 0 Å². The van der Waals surface area contributed by atoms with Crippen molar-refractivity contribution in [3.63, 3.8) is 0 Å². The highest BCUT2D eigenvalue weighted by atomic mass is 35.5. The summed E-state index contributed by atoms with van der Waals surface area (Å²) in [6.07, 6.45) is 17.2. The molecule has 1 atom stereocenters. The summed E-state index contributed by atoms with van der Waals surface area (Å²) in [6.45, 7) is 4.17. The van der Waals surface area contributed by atoms with E-state index >= 15 is 0 Å². The fourth-order valence-corrected chi connectivity index (χ4v) is 5.51. The van der Waals surface area contributed by atoms with Gasteiger partial charge in [0.15, 0.2) is 0 Å². The maximum Gasteiger partial charge on any atom is 0.245 e. The molecule has 1 saturated carbocycles. The van der Waals surface area contributed by atoms with Gasteiger partial charge in [-0.1, -0.05) is 85.7 Å². The molecule has 0 bridgehead atoms. The minimum atomic E-state index is -0.708. The topological polar surface area (TPSA) is 62.6 Å². The van der Waals surface area contributed by atoms with E-state index in [9.17, 15) is 9.59 Å². The van der Waals surface area contributed by atoms with Gasteiger partial charge in [0.1, 0.15) is 11.8 Å². The van der Waals surface area contributed by atoms with Gasteiger partial charge in [-0.25, -0.2) is 0 Å². The van der Waals surface area contributed by atoms with E-state index in [2.05, 4.69) is 42.3 Å². The summed E-state index contributed by atoms with van der Waals surface area (Å²) in [5, 5.41) is 3.58. The standard InChI is InChI=1S/C31H35ClN2O3/c1-23(32)21-31(17-7-8-18-31)30(36)33-28(29(35)34(2)22-27-12-9-19-37-27)20-24-13-15-26(16-14-24)25-10-5-3-4-6-11-25/h3-5,9-16,19,28H,1,6-8,17-18,20-22H2,2H3,(H,33,36). The lowest BCUT2D eigenvalue weighted by Crippen LogP contribution is -2.52. The van der Waals surface area contributed by atoms with Gasteiger partial charge in [-0.2, -0.15) is 0 Å². The van der Waals surface area contributed by atoms with Crippen molar-refractivity contribution in [1.82, 2.24) is 10.2 Å². The number of likely N-dealkylation sites (N-methyl/N-ethyl adjacent to an activating group) is 1. The lowest BCUT2D eigenvalue weighted by Gasteiger charge is -2.31. The molecule has 2 aromatic rings. The number of allylic oxidation sites excluding steroid dienone is 7. The number of amides is 2. The molecule has 2 amide bonds. The Bertz CT molecular complexity index is 1190. The van der Waals surface area contributed by atoms with Crippen molar-refractivity contribution in [3.8, 4) is 0 Å². The molecule has 5 nitrogen and oxygen atoms in total. The predicted molar refractivity (Wildman–Crippen MR) is 149 cm³/mol. The minimum absolute atomic E-state index is 0.116. The van der Waals surface area contributed by atoms with Crippen molar-refractivity contribution in [2.75, 3.05) is 7.05 Å². The van der Waals surface area contributed by atoms with Gasteiger partial charge in [0.2, 0.25) is 11.8 Å². The van der Waals surface area contributed by atoms with Gasteiger partial charge in [0, 0.05) is 18.5 Å². The molecule has 0 aliphatic heterocycles. The highest BCUT2D eigenvalue weighted by molar-refractivity contribution is 6.29. The summed E-state index contributed by atoms with van der Waals surface area (Å²) in [5.74, 6) is 0.414. The second-order valence-corrected chi connectivity index (χ2v) is 10.6. The molecule has 6 heteroatoms.